The number of nitrogens with zero attached hydrogens (tertiary/aromatic N) is 2. The Kier molecular flexibility index (Phi) is 2.39. The zero-order valence-corrected chi connectivity index (χ0v) is 10.2. The van der Waals surface area contributed by atoms with Crippen molar-refractivity contribution >= 4 is 11.9 Å². The van der Waals surface area contributed by atoms with Gasteiger partial charge in [0.05, 0.1) is 12.2 Å². The summed E-state index contributed by atoms with van der Waals surface area (Å²) < 4.78 is 5.05. The van der Waals surface area contributed by atoms with E-state index >= 15 is 0 Å². The van der Waals surface area contributed by atoms with Crippen LogP contribution in [0.3, 0.4) is 0 Å². The van der Waals surface area contributed by atoms with Gasteiger partial charge >= 0.3 is 6.03 Å². The number of aromatic nitrogens is 1. The summed E-state index contributed by atoms with van der Waals surface area (Å²) in [6, 6.07) is 1.41. The molecule has 0 aromatic carbocycles. The number of hydrogen-bond acceptors (Lipinski definition) is 4. The number of nitrogens with one attached hydrogen (secondary N) is 1. The summed E-state index contributed by atoms with van der Waals surface area (Å²) in [6.07, 6.45) is 3.45. The monoisotopic (exact) mass is 249 g/mol. The van der Waals surface area contributed by atoms with E-state index in [2.05, 4.69) is 10.5 Å². The first-order valence-electron chi connectivity index (χ1n) is 6.17. The number of aryl methyl sites for hydroxylation is 1. The van der Waals surface area contributed by atoms with Gasteiger partial charge in [0, 0.05) is 6.07 Å². The highest BCUT2D eigenvalue weighted by atomic mass is 16.5. The van der Waals surface area contributed by atoms with Crippen molar-refractivity contribution in [1.82, 2.24) is 15.4 Å². The van der Waals surface area contributed by atoms with Crippen LogP contribution in [0.1, 0.15) is 37.1 Å². The number of urea groups is 1. The Hall–Kier alpha value is -1.85. The molecule has 6 heteroatoms. The maximum Gasteiger partial charge on any atom is 0.325 e. The average Bonchev–Trinajstić information content (AvgIpc) is 2.99. The molecule has 1 spiro atoms. The molecule has 96 valence electrons. The molecule has 2 fully saturated rings. The van der Waals surface area contributed by atoms with Gasteiger partial charge < -0.3 is 9.84 Å². The van der Waals surface area contributed by atoms with Crippen molar-refractivity contribution in [2.24, 2.45) is 0 Å². The zero-order valence-electron chi connectivity index (χ0n) is 10.2. The molecular weight excluding hydrogens is 234 g/mol. The standard InChI is InChI=1S/C12H15N3O3/c1-8-6-9(18-14-8)7-15-10(16)12(13-11(15)17)4-2-3-5-12/h6H,2-5,7H2,1H3,(H,13,17). The van der Waals surface area contributed by atoms with Crippen LogP contribution in [0.5, 0.6) is 0 Å². The minimum Gasteiger partial charge on any atom is -0.359 e. The van der Waals surface area contributed by atoms with Crippen LogP contribution in [0.2, 0.25) is 0 Å². The third kappa shape index (κ3) is 1.60. The molecule has 1 aliphatic carbocycles. The number of imide groups is 1. The van der Waals surface area contributed by atoms with Gasteiger partial charge in [-0.3, -0.25) is 9.69 Å². The second kappa shape index (κ2) is 3.83. The topological polar surface area (TPSA) is 75.4 Å². The fraction of sp³-hybridized carbons (Fsp3) is 0.583. The van der Waals surface area contributed by atoms with Gasteiger partial charge in [0.2, 0.25) is 0 Å². The normalized spacial score (nSPS) is 21.9. The second-order valence-corrected chi connectivity index (χ2v) is 5.05. The number of carbonyl (C=O) groups excluding carboxylic acids is 2. The van der Waals surface area contributed by atoms with E-state index in [1.165, 1.54) is 4.90 Å². The molecule has 3 amide bonds. The maximum atomic E-state index is 12.3. The van der Waals surface area contributed by atoms with E-state index in [1.54, 1.807) is 13.0 Å². The number of amides is 3. The summed E-state index contributed by atoms with van der Waals surface area (Å²) in [5, 5.41) is 6.58. The quantitative estimate of drug-likeness (QED) is 0.803. The molecule has 0 bridgehead atoms. The average molecular weight is 249 g/mol. The fourth-order valence-electron chi connectivity index (χ4n) is 2.78. The smallest absolute Gasteiger partial charge is 0.325 e. The van der Waals surface area contributed by atoms with Crippen molar-refractivity contribution in [3.8, 4) is 0 Å². The maximum absolute atomic E-state index is 12.3. The minimum atomic E-state index is -0.647. The summed E-state index contributed by atoms with van der Waals surface area (Å²) in [5.41, 5.74) is 0.0965. The van der Waals surface area contributed by atoms with Crippen molar-refractivity contribution in [2.45, 2.75) is 44.7 Å². The highest BCUT2D eigenvalue weighted by Gasteiger charge is 2.52. The molecule has 18 heavy (non-hydrogen) atoms. The SMILES string of the molecule is Cc1cc(CN2C(=O)NC3(CCCC3)C2=O)on1. The highest BCUT2D eigenvalue weighted by molar-refractivity contribution is 6.07. The number of hydrogen-bond donors (Lipinski definition) is 1. The van der Waals surface area contributed by atoms with Gasteiger partial charge in [-0.1, -0.05) is 18.0 Å². The van der Waals surface area contributed by atoms with Crippen molar-refractivity contribution in [3.05, 3.63) is 17.5 Å². The molecule has 2 heterocycles. The van der Waals surface area contributed by atoms with Crippen LogP contribution in [0.4, 0.5) is 4.79 Å². The number of rotatable bonds is 2. The molecule has 3 rings (SSSR count). The Morgan fingerprint density at radius 2 is 2.17 bits per heavy atom. The molecular formula is C12H15N3O3. The van der Waals surface area contributed by atoms with Crippen molar-refractivity contribution in [2.75, 3.05) is 0 Å². The summed E-state index contributed by atoms with van der Waals surface area (Å²) in [7, 11) is 0. The fourth-order valence-corrected chi connectivity index (χ4v) is 2.78. The second-order valence-electron chi connectivity index (χ2n) is 5.05. The Morgan fingerprint density at radius 1 is 1.44 bits per heavy atom. The Labute approximate surface area is 104 Å². The van der Waals surface area contributed by atoms with E-state index in [0.717, 1.165) is 31.4 Å². The summed E-state index contributed by atoms with van der Waals surface area (Å²) in [4.78, 5) is 25.4. The molecule has 1 saturated carbocycles. The third-order valence-electron chi connectivity index (χ3n) is 3.69. The van der Waals surface area contributed by atoms with Crippen molar-refractivity contribution < 1.29 is 14.1 Å². The molecule has 2 aliphatic rings. The number of carbonyl (C=O) groups is 2. The predicted molar refractivity (Wildman–Crippen MR) is 61.5 cm³/mol. The molecule has 1 saturated heterocycles. The van der Waals surface area contributed by atoms with Crippen LogP contribution in [0.25, 0.3) is 0 Å². The van der Waals surface area contributed by atoms with Gasteiger partial charge in [-0.05, 0) is 19.8 Å². The minimum absolute atomic E-state index is 0.126. The Morgan fingerprint density at radius 3 is 2.78 bits per heavy atom. The van der Waals surface area contributed by atoms with Crippen molar-refractivity contribution in [3.63, 3.8) is 0 Å². The largest absolute Gasteiger partial charge is 0.359 e. The van der Waals surface area contributed by atoms with Gasteiger partial charge in [-0.2, -0.15) is 0 Å². The zero-order chi connectivity index (χ0) is 12.8. The molecule has 0 atom stereocenters. The van der Waals surface area contributed by atoms with E-state index in [4.69, 9.17) is 4.52 Å². The van der Waals surface area contributed by atoms with Crippen LogP contribution in [0.15, 0.2) is 10.6 Å². The molecule has 6 nitrogen and oxygen atoms in total. The van der Waals surface area contributed by atoms with Gasteiger partial charge in [0.15, 0.2) is 5.76 Å². The first-order valence-corrected chi connectivity index (χ1v) is 6.17. The molecule has 0 radical (unpaired) electrons. The molecule has 1 aliphatic heterocycles. The summed E-state index contributed by atoms with van der Waals surface area (Å²) in [6.45, 7) is 1.96. The van der Waals surface area contributed by atoms with E-state index in [0.29, 0.717) is 5.76 Å². The molecule has 1 aromatic rings. The van der Waals surface area contributed by atoms with Crippen LogP contribution in [0, 0.1) is 6.92 Å². The highest BCUT2D eigenvalue weighted by Crippen LogP contribution is 2.35. The first-order chi connectivity index (χ1) is 8.61. The van der Waals surface area contributed by atoms with E-state index in [1.807, 2.05) is 0 Å². The van der Waals surface area contributed by atoms with Crippen LogP contribution >= 0.6 is 0 Å². The summed E-state index contributed by atoms with van der Waals surface area (Å²) in [5.74, 6) is 0.408. The first kappa shape index (κ1) is 11.3. The van der Waals surface area contributed by atoms with E-state index < -0.39 is 5.54 Å². The Bertz CT molecular complexity index is 502. The van der Waals surface area contributed by atoms with Crippen LogP contribution in [-0.4, -0.2) is 27.5 Å². The Balaban J connectivity index is 1.80. The molecule has 1 aromatic heterocycles. The van der Waals surface area contributed by atoms with Gasteiger partial charge in [0.25, 0.3) is 5.91 Å². The van der Waals surface area contributed by atoms with E-state index in [-0.39, 0.29) is 18.5 Å². The van der Waals surface area contributed by atoms with Crippen LogP contribution in [-0.2, 0) is 11.3 Å². The van der Waals surface area contributed by atoms with Gasteiger partial charge in [-0.15, -0.1) is 0 Å². The van der Waals surface area contributed by atoms with E-state index in [9.17, 15) is 9.59 Å². The lowest BCUT2D eigenvalue weighted by molar-refractivity contribution is -0.131. The predicted octanol–water partition coefficient (Wildman–Crippen LogP) is 1.35. The van der Waals surface area contributed by atoms with Crippen molar-refractivity contribution in [1.29, 1.82) is 0 Å². The van der Waals surface area contributed by atoms with Gasteiger partial charge in [-0.25, -0.2) is 4.79 Å². The molecule has 1 N–H and O–H groups in total. The third-order valence-corrected chi connectivity index (χ3v) is 3.69. The lowest BCUT2D eigenvalue weighted by atomic mass is 9.98. The lowest BCUT2D eigenvalue weighted by Crippen LogP contribution is -2.44. The lowest BCUT2D eigenvalue weighted by Gasteiger charge is -2.19. The molecule has 0 unspecified atom stereocenters. The van der Waals surface area contributed by atoms with Gasteiger partial charge in [0.1, 0.15) is 5.54 Å². The summed E-state index contributed by atoms with van der Waals surface area (Å²) >= 11 is 0. The van der Waals surface area contributed by atoms with Crippen LogP contribution < -0.4 is 5.32 Å².